The molecule has 0 saturated heterocycles. The maximum absolute atomic E-state index is 14.5. The van der Waals surface area contributed by atoms with Crippen LogP contribution < -0.4 is 41.4 Å². The topological polar surface area (TPSA) is 345 Å². The van der Waals surface area contributed by atoms with Gasteiger partial charge in [0, 0.05) is 116 Å². The Balaban J connectivity index is 0.828. The van der Waals surface area contributed by atoms with E-state index in [0.29, 0.717) is 162 Å². The molecule has 1 aromatic heterocycles. The minimum absolute atomic E-state index is 0.0456. The number of carboxylic acids is 1. The van der Waals surface area contributed by atoms with Crippen molar-refractivity contribution in [1.29, 1.82) is 0 Å². The van der Waals surface area contributed by atoms with Crippen LogP contribution in [0.25, 0.3) is 16.9 Å². The number of carbonyl (C=O) groups is 8. The number of aliphatic carboxylic acids is 1. The molecule has 6 rings (SSSR count). The summed E-state index contributed by atoms with van der Waals surface area (Å²) < 4.78 is 13.4. The number of carboxylic acid groups (broad SMARTS) is 1. The smallest absolute Gasteiger partial charge is 0.329 e. The second kappa shape index (κ2) is 43.9. The summed E-state index contributed by atoms with van der Waals surface area (Å²) >= 11 is 11.3. The standard InChI is InChI=1S/C76H114N14O14S2/c1-10-54-47-55-35-36-76(73(98)99,57(48-54)49-55)82-71(96)61-51-63(70-64(103-8)23-20-24-65(70)104-9)90(83-61)62-30-25-56(50-60(62)52(2)3)72(97)85(6)42-21-40-84(5)41-22-43-86(7)75(106)81-59-28-26-58(27-29-59)80-74(105)79-39-16-13-19-46-89(102)69(95)34-32-67(93)78-38-15-12-18-45-88(101)68(94)33-31-66(92)77-37-14-11-17-44-87(100)53(4)91/h20,23-30,50-52,54-55,57,100-102H,10-19,21-22,31-49H2,1-9H3,(H,77,92)(H,78,93)(H,81,106)(H,82,96)(H,98,99)(H2,79,80,105). The van der Waals surface area contributed by atoms with E-state index in [4.69, 9.17) is 39.0 Å². The first-order valence-electron chi connectivity index (χ1n) is 37.3. The molecule has 2 saturated carbocycles. The van der Waals surface area contributed by atoms with E-state index in [0.717, 1.165) is 81.4 Å². The number of unbranched alkanes of at least 4 members (excludes halogenated alkanes) is 6. The lowest BCUT2D eigenvalue weighted by molar-refractivity contribution is -0.166. The van der Waals surface area contributed by atoms with Crippen molar-refractivity contribution < 1.29 is 68.6 Å². The number of hydrogen-bond donors (Lipinski definition) is 10. The number of rotatable bonds is 44. The van der Waals surface area contributed by atoms with Gasteiger partial charge in [0.05, 0.1) is 31.2 Å². The third-order valence-corrected chi connectivity index (χ3v) is 20.5. The van der Waals surface area contributed by atoms with Gasteiger partial charge in [-0.05, 0) is 237 Å². The Labute approximate surface area is 634 Å². The van der Waals surface area contributed by atoms with Crippen molar-refractivity contribution in [2.75, 3.05) is 111 Å². The highest BCUT2D eigenvalue weighted by atomic mass is 32.1. The molecule has 2 bridgehead atoms. The number of methoxy groups -OCH3 is 2. The third-order valence-electron chi connectivity index (χ3n) is 19.9. The van der Waals surface area contributed by atoms with Gasteiger partial charge >= 0.3 is 5.97 Å². The fourth-order valence-corrected chi connectivity index (χ4v) is 14.0. The predicted octanol–water partition coefficient (Wildman–Crippen LogP) is 9.85. The van der Waals surface area contributed by atoms with Gasteiger partial charge < -0.3 is 61.2 Å². The maximum atomic E-state index is 14.5. The third kappa shape index (κ3) is 26.7. The van der Waals surface area contributed by atoms with Crippen molar-refractivity contribution in [3.8, 4) is 28.4 Å². The summed E-state index contributed by atoms with van der Waals surface area (Å²) in [6.07, 6.45) is 11.4. The Kier molecular flexibility index (Phi) is 35.8. The summed E-state index contributed by atoms with van der Waals surface area (Å²) in [5.74, 6) is -2.37. The molecule has 4 aromatic rings. The van der Waals surface area contributed by atoms with Crippen LogP contribution in [-0.2, 0) is 28.8 Å². The highest BCUT2D eigenvalue weighted by Crippen LogP contribution is 2.49. The van der Waals surface area contributed by atoms with Crippen LogP contribution in [0.2, 0.25) is 0 Å². The summed E-state index contributed by atoms with van der Waals surface area (Å²) in [6, 6.07) is 20.2. The van der Waals surface area contributed by atoms with Crippen molar-refractivity contribution in [1.82, 2.24) is 60.9 Å². The average Bonchev–Trinajstić information content (AvgIpc) is 1.26. The van der Waals surface area contributed by atoms with E-state index in [2.05, 4.69) is 50.8 Å². The molecule has 0 aliphatic heterocycles. The van der Waals surface area contributed by atoms with Crippen molar-refractivity contribution in [3.63, 3.8) is 0 Å². The van der Waals surface area contributed by atoms with Gasteiger partial charge in [0.25, 0.3) is 11.8 Å². The first-order chi connectivity index (χ1) is 50.7. The minimum Gasteiger partial charge on any atom is -0.496 e. The van der Waals surface area contributed by atoms with Crippen LogP contribution in [0.4, 0.5) is 11.4 Å². The molecule has 3 aromatic carbocycles. The van der Waals surface area contributed by atoms with Crippen LogP contribution in [0.5, 0.6) is 11.5 Å². The normalized spacial score (nSPS) is 15.9. The van der Waals surface area contributed by atoms with Crippen LogP contribution >= 0.6 is 24.4 Å². The zero-order chi connectivity index (χ0) is 77.5. The van der Waals surface area contributed by atoms with Crippen LogP contribution in [0.1, 0.15) is 195 Å². The number of ether oxygens (including phenoxy) is 2. The number of nitrogens with one attached hydrogen (secondary N) is 6. The van der Waals surface area contributed by atoms with Crippen LogP contribution in [0, 0.1) is 17.8 Å². The van der Waals surface area contributed by atoms with Crippen LogP contribution in [0.3, 0.4) is 0 Å². The molecule has 106 heavy (non-hydrogen) atoms. The summed E-state index contributed by atoms with van der Waals surface area (Å²) in [4.78, 5) is 108. The Hall–Kier alpha value is -8.55. The molecule has 7 amide bonds. The predicted molar refractivity (Wildman–Crippen MR) is 413 cm³/mol. The van der Waals surface area contributed by atoms with E-state index < -0.39 is 35.1 Å². The highest BCUT2D eigenvalue weighted by molar-refractivity contribution is 7.80. The molecule has 1 heterocycles. The first-order valence-corrected chi connectivity index (χ1v) is 38.1. The van der Waals surface area contributed by atoms with E-state index in [1.54, 1.807) is 55.1 Å². The van der Waals surface area contributed by atoms with Gasteiger partial charge in [-0.25, -0.2) is 24.7 Å². The fraction of sp³-hybridized carbons (Fsp3) is 0.592. The summed E-state index contributed by atoms with van der Waals surface area (Å²) in [5.41, 5.74) is 3.24. The molecular formula is C76H114N14O14S2. The summed E-state index contributed by atoms with van der Waals surface area (Å²) in [6.45, 7) is 12.0. The Bertz CT molecular complexity index is 3560. The Morgan fingerprint density at radius 3 is 1.70 bits per heavy atom. The first kappa shape index (κ1) is 86.4. The summed E-state index contributed by atoms with van der Waals surface area (Å²) in [5, 5.41) is 66.6. The molecule has 28 nitrogen and oxygen atoms in total. The van der Waals surface area contributed by atoms with Crippen molar-refractivity contribution >= 4 is 93.4 Å². The highest BCUT2D eigenvalue weighted by Gasteiger charge is 2.53. The second-order valence-electron chi connectivity index (χ2n) is 28.2. The van der Waals surface area contributed by atoms with E-state index in [1.165, 1.54) is 6.92 Å². The number of fused-ring (bicyclic) bond motifs is 2. The quantitative estimate of drug-likeness (QED) is 0.00852. The maximum Gasteiger partial charge on any atom is 0.329 e. The van der Waals surface area contributed by atoms with E-state index in [1.807, 2.05) is 68.3 Å². The molecule has 4 unspecified atom stereocenters. The van der Waals surface area contributed by atoms with Crippen LogP contribution in [-0.4, -0.2) is 224 Å². The van der Waals surface area contributed by atoms with Gasteiger partial charge in [0.2, 0.25) is 29.5 Å². The zero-order valence-electron chi connectivity index (χ0n) is 63.3. The van der Waals surface area contributed by atoms with Crippen molar-refractivity contribution in [2.45, 2.75) is 174 Å². The van der Waals surface area contributed by atoms with Crippen molar-refractivity contribution in [3.05, 3.63) is 83.6 Å². The number of benzene rings is 3. The molecule has 4 atom stereocenters. The average molecular weight is 1510 g/mol. The minimum atomic E-state index is -1.42. The van der Waals surface area contributed by atoms with E-state index in [-0.39, 0.29) is 80.6 Å². The van der Waals surface area contributed by atoms with Gasteiger partial charge in [0.1, 0.15) is 17.0 Å². The number of carbonyl (C=O) groups excluding carboxylic acids is 7. The summed E-state index contributed by atoms with van der Waals surface area (Å²) in [7, 11) is 8.94. The SMILES string of the molecule is CCC1CC2CCC(NC(=O)c3cc(-c4c(OC)cccc4OC)n(-c4ccc(C(=O)N(C)CCCN(C)CCCN(C)C(=S)Nc5ccc(NC(=S)NCCCCCN(O)C(=O)CCC(=O)NCCCCCN(O)C(=O)CCC(=O)NCCCCCN(O)C(C)=O)cc5)cc4C(C)C)n3)(C(=O)O)C(C1)C2. The number of thiocarbonyl (C=S) groups is 2. The molecule has 10 N–H and O–H groups in total. The lowest BCUT2D eigenvalue weighted by Gasteiger charge is -2.49. The number of aromatic nitrogens is 2. The number of nitrogens with zero attached hydrogens (tertiary/aromatic N) is 8. The molecular weight excluding hydrogens is 1400 g/mol. The molecule has 2 aliphatic rings. The number of anilines is 2. The zero-order valence-corrected chi connectivity index (χ0v) is 65.0. The largest absolute Gasteiger partial charge is 0.496 e. The fourth-order valence-electron chi connectivity index (χ4n) is 13.6. The number of hydrogen-bond acceptors (Lipinski definition) is 17. The number of amides is 7. The lowest BCUT2D eigenvalue weighted by Crippen LogP contribution is -2.62. The molecule has 0 radical (unpaired) electrons. The molecule has 584 valence electrons. The van der Waals surface area contributed by atoms with Gasteiger partial charge in [-0.2, -0.15) is 5.10 Å². The molecule has 2 fully saturated rings. The monoisotopic (exact) mass is 1510 g/mol. The van der Waals surface area contributed by atoms with Gasteiger partial charge in [-0.3, -0.25) is 49.2 Å². The van der Waals surface area contributed by atoms with E-state index in [9.17, 15) is 59.1 Å². The van der Waals surface area contributed by atoms with Crippen molar-refractivity contribution in [2.24, 2.45) is 17.8 Å². The molecule has 30 heteroatoms. The number of hydroxylamine groups is 6. The van der Waals surface area contributed by atoms with Crippen LogP contribution in [0.15, 0.2) is 66.7 Å². The van der Waals surface area contributed by atoms with Gasteiger partial charge in [-0.15, -0.1) is 0 Å². The Morgan fingerprint density at radius 1 is 0.632 bits per heavy atom. The Morgan fingerprint density at radius 2 is 1.17 bits per heavy atom. The van der Waals surface area contributed by atoms with Gasteiger partial charge in [0.15, 0.2) is 15.9 Å². The van der Waals surface area contributed by atoms with Gasteiger partial charge in [-0.1, -0.05) is 33.3 Å². The second-order valence-corrected chi connectivity index (χ2v) is 29.0. The molecule has 2 aliphatic carbocycles. The lowest BCUT2D eigenvalue weighted by atomic mass is 9.59. The molecule has 0 spiro atoms. The van der Waals surface area contributed by atoms with E-state index >= 15 is 0 Å².